The Labute approximate surface area is 865 Å². The number of hydrogen-bond donors (Lipinski definition) is 9. The van der Waals surface area contributed by atoms with Crippen molar-refractivity contribution in [1.82, 2.24) is 41.5 Å². The highest BCUT2D eigenvalue weighted by molar-refractivity contribution is 7.93. The number of sulfone groups is 1. The number of fused-ring (bicyclic) bond motifs is 1. The lowest BCUT2D eigenvalue weighted by Gasteiger charge is -2.47. The van der Waals surface area contributed by atoms with E-state index in [1.54, 1.807) is 13.0 Å². The van der Waals surface area contributed by atoms with Gasteiger partial charge in [0.2, 0.25) is 29.2 Å². The first-order chi connectivity index (χ1) is 69.5. The highest BCUT2D eigenvalue weighted by atomic mass is 35.5. The Morgan fingerprint density at radius 3 is 1.64 bits per heavy atom. The number of benzene rings is 5. The van der Waals surface area contributed by atoms with Gasteiger partial charge in [0.05, 0.1) is 68.8 Å². The number of Topliss-reactive ketones (excluding diaryl/α,β-unsaturated/α-hetero) is 6. The molecule has 0 radical (unpaired) electrons. The molecule has 5 amide bonds. The summed E-state index contributed by atoms with van der Waals surface area (Å²) in [5.74, 6) is -6.34. The van der Waals surface area contributed by atoms with Crippen molar-refractivity contribution in [3.05, 3.63) is 237 Å². The zero-order valence-corrected chi connectivity index (χ0v) is 88.1. The Morgan fingerprint density at radius 2 is 1.13 bits per heavy atom. The van der Waals surface area contributed by atoms with E-state index in [2.05, 4.69) is 51.5 Å². The van der Waals surface area contributed by atoms with Gasteiger partial charge in [0.15, 0.2) is 33.0 Å². The second-order valence-electron chi connectivity index (χ2n) is 41.6. The predicted octanol–water partition coefficient (Wildman–Crippen LogP) is 13.1. The van der Waals surface area contributed by atoms with Gasteiger partial charge in [0.1, 0.15) is 35.0 Å². The van der Waals surface area contributed by atoms with Gasteiger partial charge in [-0.3, -0.25) is 62.6 Å². The standard InChI is InChI=1S/C42H59N3O7.C35H49N5O5S.C20H26BN3O4.C14H18ClNO4/c1-29(2)22-36(43-40(49)33(17-16-31-12-8-6-9-13-31)25-35(46)27-45-18-20-51-21-19-45)38(47)26-34(24-32-14-10-7-11-15-32)41(50)44-37(23-30(3)4)39(48)42(5)28-52-42;1-24(2)17-30(22-34(42)32(39-40-37)20-26-9-7-6-8-10-26)35(43)38-31(18-25(3)4)33(41)21-29(15-16-46(5,44)45)19-27-11-13-28(23-36)14-12-27;1-14(2)10-16(21(27)28)12-19(25)17(11-15-6-4-3-5-7-15)24-20(26)18-13-22-8-9-23-18;15-7-6-9-11-14(13(19)20-11,16-12(9)18)10(17)8-4-2-1-3-5-8/h6-15,29-30,33-34,36-37H,16-28H2,1-5H3,(H,43,49)(H,44,50);6-16,24-25,29-32H,17-23,36H2,1-5H3,(H,38,43);3-9,13-14,16-17,27-28H,10-12H2,1-2H3,(H,24,26);2,4,8-11,17H,1,3,5-7H2,(H,16,18)/b;16-15+;;/t33-,34-,36+,37+,42-;29-,30-,31+,32+;16-,17+;8-,9-,10+,11?,14-/m1111/s1. The van der Waals surface area contributed by atoms with Crippen LogP contribution in [0.3, 0.4) is 0 Å². The molecule has 4 aliphatic heterocycles. The average Bonchev–Trinajstić information content (AvgIpc) is 1.53. The molecule has 4 fully saturated rings. The van der Waals surface area contributed by atoms with E-state index < -0.39 is 124 Å². The lowest BCUT2D eigenvalue weighted by atomic mass is 9.66. The SMILES string of the molecule is CC(C)C[C@H](CC(=O)[C@H](Cc1ccccc1)N=[N+]=[N-])C(=O)N[C@@H](CC(C)C)C(=O)C[C@H](/C=C/S(C)(=O)=O)Cc1ccc(CN)cc1.CC(C)C[C@H](CC(=O)[C@H](Cc1ccccc1)NC(=O)c1cnccn1)B(O)O.CC(C)C[C@H](NC(=O)[C@H](CCc1ccccc1)CC(=O)CN1CCOCC1)C(=O)C[C@@H](Cc1ccccc1)C(=O)N[C@@H](CC(C)C)C(=O)[C@@]1(C)CO1.O=C1N[C@@]2([C@@H](O)[C@@H]3C=CCCC3)C(=O)OC2[C@H]1CCCl. The summed E-state index contributed by atoms with van der Waals surface area (Å²) < 4.78 is 39.9. The number of rotatable bonds is 56. The summed E-state index contributed by atoms with van der Waals surface area (Å²) in [7, 11) is -5.01. The van der Waals surface area contributed by atoms with Gasteiger partial charge in [-0.25, -0.2) is 18.2 Å². The Bertz CT molecular complexity index is 5420. The molecule has 11 rings (SSSR count). The molecule has 792 valence electrons. The van der Waals surface area contributed by atoms with Crippen molar-refractivity contribution in [1.29, 1.82) is 0 Å². The minimum absolute atomic E-state index is 0.0163. The lowest BCUT2D eigenvalue weighted by Crippen LogP contribution is -2.74. The van der Waals surface area contributed by atoms with Crippen molar-refractivity contribution < 1.29 is 95.3 Å². The molecule has 146 heavy (non-hydrogen) atoms. The summed E-state index contributed by atoms with van der Waals surface area (Å²) in [6.07, 6.45) is 16.8. The van der Waals surface area contributed by atoms with Crippen molar-refractivity contribution in [2.75, 3.05) is 51.6 Å². The average molecular weight is 2050 g/mol. The van der Waals surface area contributed by atoms with Crippen molar-refractivity contribution in [3.8, 4) is 0 Å². The molecule has 5 aromatic carbocycles. The molecule has 5 aliphatic rings. The van der Waals surface area contributed by atoms with Gasteiger partial charge in [0.25, 0.3) is 5.91 Å². The molecule has 0 saturated carbocycles. The normalized spacial score (nSPS) is 19.6. The first kappa shape index (κ1) is 120. The monoisotopic (exact) mass is 2050 g/mol. The van der Waals surface area contributed by atoms with Crippen LogP contribution in [0.4, 0.5) is 0 Å². The Hall–Kier alpha value is -11.2. The maximum atomic E-state index is 14.2. The maximum Gasteiger partial charge on any atom is 0.455 e. The Morgan fingerprint density at radius 1 is 0.623 bits per heavy atom. The van der Waals surface area contributed by atoms with E-state index in [0.29, 0.717) is 116 Å². The molecule has 1 aromatic heterocycles. The molecule has 10 N–H and O–H groups in total. The van der Waals surface area contributed by atoms with Gasteiger partial charge >= 0.3 is 13.1 Å². The number of ketones is 6. The molecule has 0 bridgehead atoms. The predicted molar refractivity (Wildman–Crippen MR) is 561 cm³/mol. The maximum absolute atomic E-state index is 14.2. The summed E-state index contributed by atoms with van der Waals surface area (Å²) >= 11 is 5.70. The molecule has 35 heteroatoms. The van der Waals surface area contributed by atoms with Crippen LogP contribution in [0, 0.1) is 65.1 Å². The van der Waals surface area contributed by atoms with Crippen LogP contribution in [0.1, 0.15) is 216 Å². The van der Waals surface area contributed by atoms with E-state index in [-0.39, 0.29) is 139 Å². The minimum atomic E-state index is -3.42. The second kappa shape index (κ2) is 60.3. The number of epoxide rings is 1. The number of carbonyl (C=O) groups is 12. The number of nitrogens with two attached hydrogens (primary N) is 1. The quantitative estimate of drug-likeness (QED) is 0.00250. The molecule has 4 saturated heterocycles. The topological polar surface area (TPSA) is 495 Å². The number of aliphatic hydroxyl groups excluding tert-OH is 1. The zero-order valence-electron chi connectivity index (χ0n) is 86.6. The molecule has 1 aliphatic carbocycles. The van der Waals surface area contributed by atoms with E-state index in [9.17, 15) is 81.1 Å². The number of nitrogens with zero attached hydrogens (tertiary/aromatic N) is 6. The highest BCUT2D eigenvalue weighted by Gasteiger charge is 2.72. The fourth-order valence-electron chi connectivity index (χ4n) is 18.8. The number of hydrogen-bond acceptors (Lipinski definition) is 25. The molecular formula is C111H152BClN12O20S. The Balaban J connectivity index is 0.000000251. The number of nitrogens with one attached hydrogen (secondary N) is 5. The van der Waals surface area contributed by atoms with Gasteiger partial charge in [-0.05, 0) is 178 Å². The van der Waals surface area contributed by atoms with Gasteiger partial charge in [0, 0.05) is 116 Å². The van der Waals surface area contributed by atoms with Gasteiger partial charge in [-0.1, -0.05) is 238 Å². The molecule has 32 nitrogen and oxygen atoms in total. The van der Waals surface area contributed by atoms with Crippen molar-refractivity contribution >= 4 is 98.8 Å². The number of ether oxygens (including phenoxy) is 3. The molecule has 6 aromatic rings. The highest BCUT2D eigenvalue weighted by Crippen LogP contribution is 2.46. The largest absolute Gasteiger partial charge is 0.456 e. The number of aryl methyl sites for hydroxylation is 1. The number of halogens is 1. The van der Waals surface area contributed by atoms with E-state index in [4.69, 9.17) is 37.1 Å². The number of esters is 1. The first-order valence-electron chi connectivity index (χ1n) is 51.3. The fourth-order valence-corrected chi connectivity index (χ4v) is 19.5. The van der Waals surface area contributed by atoms with Crippen LogP contribution in [0.5, 0.6) is 0 Å². The van der Waals surface area contributed by atoms with E-state index in [1.807, 2.05) is 227 Å². The summed E-state index contributed by atoms with van der Waals surface area (Å²) in [5, 5.41) is 49.1. The number of aromatic nitrogens is 2. The van der Waals surface area contributed by atoms with Crippen LogP contribution in [0.15, 0.2) is 193 Å². The van der Waals surface area contributed by atoms with Crippen LogP contribution < -0.4 is 32.3 Å². The summed E-state index contributed by atoms with van der Waals surface area (Å²) in [4.78, 5) is 172. The van der Waals surface area contributed by atoms with Gasteiger partial charge in [-0.2, -0.15) is 0 Å². The summed E-state index contributed by atoms with van der Waals surface area (Å²) in [6.45, 7) is 24.9. The van der Waals surface area contributed by atoms with Crippen LogP contribution in [0.25, 0.3) is 10.4 Å². The number of alkyl halides is 1. The van der Waals surface area contributed by atoms with Gasteiger partial charge < -0.3 is 61.7 Å². The van der Waals surface area contributed by atoms with Crippen molar-refractivity contribution in [2.24, 2.45) is 75.9 Å². The third-order valence-electron chi connectivity index (χ3n) is 26.7. The number of carbonyl (C=O) groups excluding carboxylic acids is 12. The lowest BCUT2D eigenvalue weighted by molar-refractivity contribution is -0.207. The smallest absolute Gasteiger partial charge is 0.455 e. The third kappa shape index (κ3) is 40.1. The zero-order chi connectivity index (χ0) is 107. The van der Waals surface area contributed by atoms with Crippen LogP contribution >= 0.6 is 11.6 Å². The number of azide groups is 1. The summed E-state index contributed by atoms with van der Waals surface area (Å²) in [5.41, 5.74) is 18.4. The van der Waals surface area contributed by atoms with E-state index >= 15 is 0 Å². The number of allylic oxidation sites excluding steroid dienone is 2. The molecule has 1 unspecified atom stereocenters. The molecule has 5 heterocycles. The Kier molecular flexibility index (Phi) is 49.6. The first-order valence-corrected chi connectivity index (χ1v) is 53.7. The fraction of sp³-hybridized carbons (Fsp3) is 0.550. The minimum Gasteiger partial charge on any atom is -0.456 e. The van der Waals surface area contributed by atoms with Gasteiger partial charge in [-0.15, -0.1) is 11.6 Å². The number of morpholine rings is 1. The number of aliphatic hydroxyl groups is 1. The van der Waals surface area contributed by atoms with Crippen molar-refractivity contribution in [3.63, 3.8) is 0 Å². The molecular weight excluding hydrogens is 1900 g/mol. The molecule has 0 spiro atoms. The van der Waals surface area contributed by atoms with E-state index in [0.717, 1.165) is 64.3 Å². The molecule has 16 atom stereocenters. The van der Waals surface area contributed by atoms with E-state index in [1.165, 1.54) is 18.6 Å². The second-order valence-corrected chi connectivity index (χ2v) is 43.9. The summed E-state index contributed by atoms with van der Waals surface area (Å²) in [6, 6.07) is 41.4. The van der Waals surface area contributed by atoms with Crippen LogP contribution in [-0.4, -0.2) is 221 Å². The van der Waals surface area contributed by atoms with Crippen LogP contribution in [-0.2, 0) is 115 Å². The van der Waals surface area contributed by atoms with Crippen molar-refractivity contribution in [2.45, 2.75) is 270 Å². The van der Waals surface area contributed by atoms with Crippen LogP contribution in [0.2, 0.25) is 5.82 Å². The third-order valence-corrected chi connectivity index (χ3v) is 27.5. The number of amides is 5.